The molecule has 0 heterocycles. The number of hydrogen-bond acceptors (Lipinski definition) is 4. The lowest BCUT2D eigenvalue weighted by Gasteiger charge is -2.43. The first-order chi connectivity index (χ1) is 10.5. The minimum absolute atomic E-state index is 0.0172. The molecule has 4 nitrogen and oxygen atoms in total. The molecule has 0 aliphatic rings. The molecular weight excluding hydrogens is 325 g/mol. The van der Waals surface area contributed by atoms with Crippen LogP contribution in [0.4, 0.5) is 13.2 Å². The summed E-state index contributed by atoms with van der Waals surface area (Å²) in [6.07, 6.45) is -4.39. The molecule has 0 radical (unpaired) electrons. The average Bonchev–Trinajstić information content (AvgIpc) is 2.33. The molecule has 0 fully saturated rings. The molecule has 7 heteroatoms. The summed E-state index contributed by atoms with van der Waals surface area (Å²) in [4.78, 5) is 23.1. The third-order valence-electron chi connectivity index (χ3n) is 3.98. The maximum atomic E-state index is 12.5. The molecule has 1 unspecified atom stereocenters. The Morgan fingerprint density at radius 3 is 1.54 bits per heavy atom. The second-order valence-corrected chi connectivity index (χ2v) is 8.44. The molecule has 0 aromatic rings. The molecule has 0 saturated heterocycles. The van der Waals surface area contributed by atoms with Crippen LogP contribution in [-0.2, 0) is 19.1 Å². The van der Waals surface area contributed by atoms with Crippen molar-refractivity contribution in [3.8, 4) is 0 Å². The Hall–Kier alpha value is -1.27. The third-order valence-corrected chi connectivity index (χ3v) is 3.98. The summed E-state index contributed by atoms with van der Waals surface area (Å²) in [5.41, 5.74) is -1.18. The smallest absolute Gasteiger partial charge is 0.465 e. The molecule has 1 atom stereocenters. The summed E-state index contributed by atoms with van der Waals surface area (Å²) < 4.78 is 45.2. The van der Waals surface area contributed by atoms with E-state index in [1.54, 1.807) is 0 Å². The van der Waals surface area contributed by atoms with Crippen molar-refractivity contribution >= 4 is 11.9 Å². The molecule has 0 N–H and O–H groups in total. The number of ether oxygens (including phenoxy) is 2. The van der Waals surface area contributed by atoms with Crippen molar-refractivity contribution in [3.05, 3.63) is 0 Å². The van der Waals surface area contributed by atoms with Gasteiger partial charge in [-0.05, 0) is 24.2 Å². The summed E-state index contributed by atoms with van der Waals surface area (Å²) in [7, 11) is 0. The lowest BCUT2D eigenvalue weighted by molar-refractivity contribution is -0.200. The van der Waals surface area contributed by atoms with E-state index in [1.807, 2.05) is 48.5 Å². The maximum Gasteiger partial charge on any atom is 0.490 e. The van der Waals surface area contributed by atoms with Crippen molar-refractivity contribution in [2.24, 2.45) is 16.2 Å². The van der Waals surface area contributed by atoms with Gasteiger partial charge in [-0.15, -0.1) is 0 Å². The van der Waals surface area contributed by atoms with Crippen LogP contribution in [0.25, 0.3) is 0 Å². The van der Waals surface area contributed by atoms with Gasteiger partial charge in [-0.2, -0.15) is 13.2 Å². The molecule has 0 saturated carbocycles. The zero-order valence-corrected chi connectivity index (χ0v) is 15.6. The van der Waals surface area contributed by atoms with Crippen molar-refractivity contribution in [3.63, 3.8) is 0 Å². The Balaban J connectivity index is 4.58. The number of carbonyl (C=O) groups is 2. The topological polar surface area (TPSA) is 52.6 Å². The Morgan fingerprint density at radius 2 is 1.21 bits per heavy atom. The first kappa shape index (κ1) is 22.7. The molecule has 0 rings (SSSR count). The normalized spacial score (nSPS) is 15.6. The number of esters is 2. The van der Waals surface area contributed by atoms with E-state index in [0.717, 1.165) is 0 Å². The van der Waals surface area contributed by atoms with E-state index in [1.165, 1.54) is 0 Å². The van der Waals surface area contributed by atoms with Crippen molar-refractivity contribution < 1.29 is 32.2 Å². The molecular formula is C17H29F3O4. The minimum atomic E-state index is -5.01. The van der Waals surface area contributed by atoms with Gasteiger partial charge in [0.15, 0.2) is 0 Å². The predicted molar refractivity (Wildman–Crippen MR) is 84.2 cm³/mol. The fourth-order valence-electron chi connectivity index (χ4n) is 2.33. The van der Waals surface area contributed by atoms with E-state index in [0.29, 0.717) is 6.42 Å². The molecule has 0 aromatic carbocycles. The molecule has 0 bridgehead atoms. The highest BCUT2D eigenvalue weighted by atomic mass is 19.4. The standard InChI is InChI=1S/C17H29F3O4/c1-14(2,3)11-16(7,15(4,5)6)12(21)23-9-8-10-24-13(22)17(18,19)20/h8-11H2,1-7H3. The molecule has 0 aromatic heterocycles. The number of halogens is 3. The highest BCUT2D eigenvalue weighted by molar-refractivity contribution is 5.77. The van der Waals surface area contributed by atoms with Gasteiger partial charge in [0.05, 0.1) is 18.6 Å². The second-order valence-electron chi connectivity index (χ2n) is 8.44. The Kier molecular flexibility index (Phi) is 7.33. The Bertz CT molecular complexity index is 444. The lowest BCUT2D eigenvalue weighted by Crippen LogP contribution is -2.44. The van der Waals surface area contributed by atoms with E-state index in [2.05, 4.69) is 4.74 Å². The zero-order chi connectivity index (χ0) is 19.4. The molecule has 142 valence electrons. The molecule has 0 amide bonds. The van der Waals surface area contributed by atoms with Gasteiger partial charge in [0, 0.05) is 6.42 Å². The van der Waals surface area contributed by atoms with Crippen LogP contribution in [0, 0.1) is 16.2 Å². The molecule has 0 aliphatic heterocycles. The summed E-state index contributed by atoms with van der Waals surface area (Å²) >= 11 is 0. The zero-order valence-electron chi connectivity index (χ0n) is 15.6. The highest BCUT2D eigenvalue weighted by Crippen LogP contribution is 2.47. The molecule has 0 aliphatic carbocycles. The van der Waals surface area contributed by atoms with Gasteiger partial charge in [0.25, 0.3) is 0 Å². The largest absolute Gasteiger partial charge is 0.490 e. The summed E-state index contributed by atoms with van der Waals surface area (Å²) in [5, 5.41) is 0. The van der Waals surface area contributed by atoms with Gasteiger partial charge < -0.3 is 9.47 Å². The predicted octanol–water partition coefficient (Wildman–Crippen LogP) is 4.51. The molecule has 24 heavy (non-hydrogen) atoms. The lowest BCUT2D eigenvalue weighted by atomic mass is 9.61. The van der Waals surface area contributed by atoms with Crippen LogP contribution in [0.2, 0.25) is 0 Å². The van der Waals surface area contributed by atoms with E-state index < -0.39 is 30.1 Å². The van der Waals surface area contributed by atoms with Crippen molar-refractivity contribution in [1.29, 1.82) is 0 Å². The second kappa shape index (κ2) is 7.74. The monoisotopic (exact) mass is 354 g/mol. The Morgan fingerprint density at radius 1 is 0.792 bits per heavy atom. The fraction of sp³-hybridized carbons (Fsp3) is 0.882. The number of alkyl halides is 3. The van der Waals surface area contributed by atoms with Crippen LogP contribution in [0.5, 0.6) is 0 Å². The van der Waals surface area contributed by atoms with Gasteiger partial charge in [0.1, 0.15) is 0 Å². The number of rotatable bonds is 6. The third kappa shape index (κ3) is 7.09. The summed E-state index contributed by atoms with van der Waals surface area (Å²) in [6.45, 7) is 13.2. The van der Waals surface area contributed by atoms with Crippen LogP contribution in [0.1, 0.15) is 61.3 Å². The van der Waals surface area contributed by atoms with Crippen molar-refractivity contribution in [1.82, 2.24) is 0 Å². The van der Waals surface area contributed by atoms with E-state index in [-0.39, 0.29) is 23.9 Å². The quantitative estimate of drug-likeness (QED) is 0.520. The van der Waals surface area contributed by atoms with Crippen molar-refractivity contribution in [2.45, 2.75) is 67.5 Å². The summed E-state index contributed by atoms with van der Waals surface area (Å²) in [5.74, 6) is -2.63. The van der Waals surface area contributed by atoms with Gasteiger partial charge >= 0.3 is 18.1 Å². The van der Waals surface area contributed by atoms with Gasteiger partial charge in [-0.1, -0.05) is 41.5 Å². The maximum absolute atomic E-state index is 12.5. The van der Waals surface area contributed by atoms with Crippen LogP contribution < -0.4 is 0 Å². The van der Waals surface area contributed by atoms with Crippen LogP contribution in [0.3, 0.4) is 0 Å². The van der Waals surface area contributed by atoms with Gasteiger partial charge in [-0.3, -0.25) is 4.79 Å². The van der Waals surface area contributed by atoms with Gasteiger partial charge in [-0.25, -0.2) is 4.79 Å². The SMILES string of the molecule is CC(C)(C)CC(C)(C(=O)OCCCOC(=O)C(F)(F)F)C(C)(C)C. The number of carbonyl (C=O) groups excluding carboxylic acids is 2. The average molecular weight is 354 g/mol. The highest BCUT2D eigenvalue weighted by Gasteiger charge is 2.47. The van der Waals surface area contributed by atoms with E-state index in [9.17, 15) is 22.8 Å². The van der Waals surface area contributed by atoms with Crippen LogP contribution in [-0.4, -0.2) is 31.3 Å². The first-order valence-corrected chi connectivity index (χ1v) is 7.92. The van der Waals surface area contributed by atoms with Crippen LogP contribution in [0.15, 0.2) is 0 Å². The minimum Gasteiger partial charge on any atom is -0.465 e. The number of hydrogen-bond donors (Lipinski definition) is 0. The van der Waals surface area contributed by atoms with Crippen molar-refractivity contribution in [2.75, 3.05) is 13.2 Å². The Labute approximate surface area is 142 Å². The van der Waals surface area contributed by atoms with Gasteiger partial charge in [0.2, 0.25) is 0 Å². The van der Waals surface area contributed by atoms with Crippen LogP contribution >= 0.6 is 0 Å². The van der Waals surface area contributed by atoms with E-state index >= 15 is 0 Å². The molecule has 0 spiro atoms. The van der Waals surface area contributed by atoms with E-state index in [4.69, 9.17) is 4.74 Å². The first-order valence-electron chi connectivity index (χ1n) is 7.92. The summed E-state index contributed by atoms with van der Waals surface area (Å²) in [6, 6.07) is 0. The fourth-order valence-corrected chi connectivity index (χ4v) is 2.33.